The third-order valence-corrected chi connectivity index (χ3v) is 6.19. The molecule has 2 saturated heterocycles. The first-order valence-electron chi connectivity index (χ1n) is 7.97. The fourth-order valence-electron chi connectivity index (χ4n) is 2.81. The van der Waals surface area contributed by atoms with E-state index in [1.165, 1.54) is 4.31 Å². The minimum absolute atomic E-state index is 0.0362. The lowest BCUT2D eigenvalue weighted by atomic mass is 10.3. The van der Waals surface area contributed by atoms with Gasteiger partial charge < -0.3 is 9.80 Å². The third kappa shape index (κ3) is 4.19. The van der Waals surface area contributed by atoms with Crippen LogP contribution >= 0.6 is 0 Å². The van der Waals surface area contributed by atoms with Gasteiger partial charge in [0.25, 0.3) is 0 Å². The minimum atomic E-state index is -3.19. The molecule has 0 aliphatic carbocycles. The molecule has 22 heavy (non-hydrogen) atoms. The maximum atomic E-state index is 12.2. The summed E-state index contributed by atoms with van der Waals surface area (Å²) in [6.07, 6.45) is 2.85. The van der Waals surface area contributed by atoms with Crippen molar-refractivity contribution in [3.63, 3.8) is 0 Å². The fourth-order valence-corrected chi connectivity index (χ4v) is 4.44. The molecule has 0 radical (unpaired) electrons. The van der Waals surface area contributed by atoms with Gasteiger partial charge in [-0.2, -0.15) is 4.31 Å². The number of carbonyl (C=O) groups excluding carboxylic acids is 2. The van der Waals surface area contributed by atoms with E-state index in [1.807, 2.05) is 6.92 Å². The Morgan fingerprint density at radius 1 is 1.14 bits per heavy atom. The molecule has 0 unspecified atom stereocenters. The molecule has 0 spiro atoms. The highest BCUT2D eigenvalue weighted by atomic mass is 32.2. The van der Waals surface area contributed by atoms with Gasteiger partial charge in [-0.25, -0.2) is 8.42 Å². The number of hydrogen-bond acceptors (Lipinski definition) is 4. The largest absolute Gasteiger partial charge is 0.339 e. The molecule has 2 aliphatic heterocycles. The van der Waals surface area contributed by atoms with E-state index < -0.39 is 10.0 Å². The van der Waals surface area contributed by atoms with Crippen molar-refractivity contribution < 1.29 is 18.0 Å². The monoisotopic (exact) mass is 331 g/mol. The summed E-state index contributed by atoms with van der Waals surface area (Å²) in [6, 6.07) is 0. The van der Waals surface area contributed by atoms with Crippen molar-refractivity contribution in [1.82, 2.24) is 14.1 Å². The molecular weight excluding hydrogens is 306 g/mol. The van der Waals surface area contributed by atoms with Gasteiger partial charge in [0, 0.05) is 39.1 Å². The number of carbonyl (C=O) groups is 2. The summed E-state index contributed by atoms with van der Waals surface area (Å²) in [4.78, 5) is 27.0. The lowest BCUT2D eigenvalue weighted by Crippen LogP contribution is -2.53. The Balaban J connectivity index is 1.81. The van der Waals surface area contributed by atoms with Crippen LogP contribution in [0.3, 0.4) is 0 Å². The second-order valence-electron chi connectivity index (χ2n) is 5.87. The summed E-state index contributed by atoms with van der Waals surface area (Å²) < 4.78 is 25.7. The fraction of sp³-hybridized carbons (Fsp3) is 0.857. The molecule has 8 heteroatoms. The van der Waals surface area contributed by atoms with E-state index in [-0.39, 0.29) is 24.1 Å². The standard InChI is InChI=1S/C14H25N3O4S/c1-2-3-11-22(20,21)17-9-7-15(8-10-17)14(19)12-16-6-4-5-13(16)18/h2-12H2,1H3. The van der Waals surface area contributed by atoms with Gasteiger partial charge in [-0.3, -0.25) is 9.59 Å². The maximum Gasteiger partial charge on any atom is 0.242 e. The van der Waals surface area contributed by atoms with Crippen LogP contribution in [0.15, 0.2) is 0 Å². The van der Waals surface area contributed by atoms with Crippen molar-refractivity contribution in [2.45, 2.75) is 32.6 Å². The van der Waals surface area contributed by atoms with Gasteiger partial charge in [0.15, 0.2) is 0 Å². The molecule has 0 atom stereocenters. The Labute approximate surface area is 132 Å². The number of unbranched alkanes of at least 4 members (excludes halogenated alkanes) is 1. The van der Waals surface area contributed by atoms with Crippen LogP contribution in [-0.4, -0.2) is 79.4 Å². The highest BCUT2D eigenvalue weighted by Gasteiger charge is 2.30. The number of piperazine rings is 1. The first kappa shape index (κ1) is 17.2. The zero-order valence-electron chi connectivity index (χ0n) is 13.2. The molecule has 0 saturated carbocycles. The van der Waals surface area contributed by atoms with E-state index in [4.69, 9.17) is 0 Å². The number of nitrogens with zero attached hydrogens (tertiary/aromatic N) is 3. The van der Waals surface area contributed by atoms with Crippen LogP contribution in [0.2, 0.25) is 0 Å². The van der Waals surface area contributed by atoms with Crippen LogP contribution in [0.1, 0.15) is 32.6 Å². The summed E-state index contributed by atoms with van der Waals surface area (Å²) in [7, 11) is -3.19. The third-order valence-electron chi connectivity index (χ3n) is 4.24. The molecule has 0 aromatic heterocycles. The number of hydrogen-bond donors (Lipinski definition) is 0. The summed E-state index contributed by atoms with van der Waals surface area (Å²) in [6.45, 7) is 4.26. The number of rotatable bonds is 6. The molecule has 2 amide bonds. The lowest BCUT2D eigenvalue weighted by Gasteiger charge is -2.34. The first-order valence-corrected chi connectivity index (χ1v) is 9.58. The van der Waals surface area contributed by atoms with Crippen molar-refractivity contribution in [3.05, 3.63) is 0 Å². The predicted molar refractivity (Wildman–Crippen MR) is 82.7 cm³/mol. The van der Waals surface area contributed by atoms with Gasteiger partial charge in [0.05, 0.1) is 12.3 Å². The molecule has 2 rings (SSSR count). The zero-order chi connectivity index (χ0) is 16.2. The van der Waals surface area contributed by atoms with Crippen LogP contribution in [0.25, 0.3) is 0 Å². The highest BCUT2D eigenvalue weighted by molar-refractivity contribution is 7.89. The van der Waals surface area contributed by atoms with Crippen LogP contribution in [0.4, 0.5) is 0 Å². The maximum absolute atomic E-state index is 12.2. The highest BCUT2D eigenvalue weighted by Crippen LogP contribution is 2.13. The van der Waals surface area contributed by atoms with Gasteiger partial charge in [-0.15, -0.1) is 0 Å². The van der Waals surface area contributed by atoms with Crippen molar-refractivity contribution in [1.29, 1.82) is 0 Å². The van der Waals surface area contributed by atoms with E-state index in [1.54, 1.807) is 9.80 Å². The molecule has 2 fully saturated rings. The van der Waals surface area contributed by atoms with Gasteiger partial charge >= 0.3 is 0 Å². The first-order chi connectivity index (χ1) is 10.4. The average Bonchev–Trinajstić information content (AvgIpc) is 2.90. The number of sulfonamides is 1. The van der Waals surface area contributed by atoms with E-state index in [0.717, 1.165) is 12.8 Å². The van der Waals surface area contributed by atoms with E-state index in [9.17, 15) is 18.0 Å². The average molecular weight is 331 g/mol. The topological polar surface area (TPSA) is 78.0 Å². The van der Waals surface area contributed by atoms with Crippen LogP contribution in [0.5, 0.6) is 0 Å². The van der Waals surface area contributed by atoms with E-state index in [2.05, 4.69) is 0 Å². The molecule has 0 aromatic rings. The van der Waals surface area contributed by atoms with Crippen LogP contribution in [-0.2, 0) is 19.6 Å². The van der Waals surface area contributed by atoms with Crippen molar-refractivity contribution in [3.8, 4) is 0 Å². The van der Waals surface area contributed by atoms with Crippen molar-refractivity contribution in [2.24, 2.45) is 0 Å². The van der Waals surface area contributed by atoms with E-state index >= 15 is 0 Å². The summed E-state index contributed by atoms with van der Waals surface area (Å²) >= 11 is 0. The van der Waals surface area contributed by atoms with Crippen LogP contribution in [0, 0.1) is 0 Å². The molecule has 2 heterocycles. The number of likely N-dealkylation sites (tertiary alicyclic amines) is 1. The summed E-state index contributed by atoms with van der Waals surface area (Å²) in [5.41, 5.74) is 0. The molecule has 0 bridgehead atoms. The molecule has 126 valence electrons. The number of amides is 2. The smallest absolute Gasteiger partial charge is 0.242 e. The Bertz CT molecular complexity index is 512. The van der Waals surface area contributed by atoms with Crippen molar-refractivity contribution >= 4 is 21.8 Å². The molecule has 0 aromatic carbocycles. The molecule has 0 N–H and O–H groups in total. The Kier molecular flexibility index (Phi) is 5.80. The molecular formula is C14H25N3O4S. The quantitative estimate of drug-likeness (QED) is 0.680. The Hall–Kier alpha value is -1.15. The minimum Gasteiger partial charge on any atom is -0.339 e. The molecule has 7 nitrogen and oxygen atoms in total. The Morgan fingerprint density at radius 2 is 1.82 bits per heavy atom. The lowest BCUT2D eigenvalue weighted by molar-refractivity contribution is -0.139. The van der Waals surface area contributed by atoms with Gasteiger partial charge in [-0.1, -0.05) is 13.3 Å². The summed E-state index contributed by atoms with van der Waals surface area (Å²) in [5.74, 6) is 0.134. The SMILES string of the molecule is CCCCS(=O)(=O)N1CCN(C(=O)CN2CCCC2=O)CC1. The second kappa shape index (κ2) is 7.41. The van der Waals surface area contributed by atoms with Gasteiger partial charge in [0.2, 0.25) is 21.8 Å². The van der Waals surface area contributed by atoms with Crippen LogP contribution < -0.4 is 0 Å². The zero-order valence-corrected chi connectivity index (χ0v) is 14.0. The second-order valence-corrected chi connectivity index (χ2v) is 7.96. The predicted octanol–water partition coefficient (Wildman–Crippen LogP) is -0.117. The van der Waals surface area contributed by atoms with Gasteiger partial charge in [-0.05, 0) is 12.8 Å². The Morgan fingerprint density at radius 3 is 2.36 bits per heavy atom. The van der Waals surface area contributed by atoms with E-state index in [0.29, 0.717) is 45.6 Å². The van der Waals surface area contributed by atoms with Crippen molar-refractivity contribution in [2.75, 3.05) is 45.0 Å². The molecule has 2 aliphatic rings. The van der Waals surface area contributed by atoms with Gasteiger partial charge in [0.1, 0.15) is 0 Å². The summed E-state index contributed by atoms with van der Waals surface area (Å²) in [5, 5.41) is 0. The normalized spacial score (nSPS) is 20.7.